The van der Waals surface area contributed by atoms with Crippen molar-refractivity contribution in [3.05, 3.63) is 188 Å². The maximum Gasteiger partial charge on any atom is 0.160 e. The predicted octanol–water partition coefficient (Wildman–Crippen LogP) is 12.1. The average molecular weight is 655 g/mol. The minimum absolute atomic E-state index is 0.700. The summed E-state index contributed by atoms with van der Waals surface area (Å²) < 4.78 is 2.37. The summed E-state index contributed by atoms with van der Waals surface area (Å²) in [5.74, 6) is 0.700. The molecule has 9 rings (SSSR count). The van der Waals surface area contributed by atoms with E-state index in [0.29, 0.717) is 5.82 Å². The molecule has 3 aromatic heterocycles. The average Bonchev–Trinajstić information content (AvgIpc) is 3.72. The lowest BCUT2D eigenvalue weighted by atomic mass is 10.0. The van der Waals surface area contributed by atoms with Gasteiger partial charge in [0.05, 0.1) is 22.4 Å². The zero-order valence-corrected chi connectivity index (χ0v) is 28.0. The lowest BCUT2D eigenvalue weighted by Crippen LogP contribution is -1.98. The highest BCUT2D eigenvalue weighted by atomic mass is 15.0. The Morgan fingerprint density at radius 3 is 2.12 bits per heavy atom. The van der Waals surface area contributed by atoms with Gasteiger partial charge in [-0.05, 0) is 54.4 Å². The number of para-hydroxylation sites is 2. The van der Waals surface area contributed by atoms with Gasteiger partial charge in [0.2, 0.25) is 0 Å². The maximum atomic E-state index is 5.18. The molecule has 3 heterocycles. The van der Waals surface area contributed by atoms with Gasteiger partial charge < -0.3 is 9.55 Å². The number of aromatic nitrogens is 4. The lowest BCUT2D eigenvalue weighted by Gasteiger charge is -2.12. The SMILES string of the molecule is C=C/C=C\C=C/Cc1ccc(-c2nc(-c3ccccc3)cc(-c3cccc(-n4c5ccccc5c5cc6c(cc54)[nH]c4ccccc46)c3)n2)cc1. The highest BCUT2D eigenvalue weighted by Crippen LogP contribution is 2.38. The summed E-state index contributed by atoms with van der Waals surface area (Å²) >= 11 is 0. The second-order valence-corrected chi connectivity index (χ2v) is 12.8. The highest BCUT2D eigenvalue weighted by Gasteiger charge is 2.17. The molecule has 9 aromatic rings. The van der Waals surface area contributed by atoms with E-state index in [2.05, 4.69) is 162 Å². The number of hydrogen-bond acceptors (Lipinski definition) is 2. The van der Waals surface area contributed by atoms with Crippen molar-refractivity contribution in [1.82, 2.24) is 19.5 Å². The number of hydrogen-bond donors (Lipinski definition) is 1. The molecule has 0 saturated heterocycles. The lowest BCUT2D eigenvalue weighted by molar-refractivity contribution is 1.16. The van der Waals surface area contributed by atoms with Crippen molar-refractivity contribution in [2.45, 2.75) is 6.42 Å². The number of allylic oxidation sites excluding steroid dienone is 5. The third-order valence-corrected chi connectivity index (χ3v) is 9.55. The summed E-state index contributed by atoms with van der Waals surface area (Å²) in [7, 11) is 0. The van der Waals surface area contributed by atoms with Crippen molar-refractivity contribution < 1.29 is 0 Å². The van der Waals surface area contributed by atoms with Crippen molar-refractivity contribution in [2.24, 2.45) is 0 Å². The van der Waals surface area contributed by atoms with Gasteiger partial charge in [-0.1, -0.05) is 140 Å². The van der Waals surface area contributed by atoms with Crippen molar-refractivity contribution in [3.8, 4) is 39.6 Å². The smallest absolute Gasteiger partial charge is 0.160 e. The van der Waals surface area contributed by atoms with E-state index in [4.69, 9.17) is 9.97 Å². The van der Waals surface area contributed by atoms with E-state index in [1.165, 1.54) is 32.6 Å². The van der Waals surface area contributed by atoms with Crippen molar-refractivity contribution in [1.29, 1.82) is 0 Å². The number of nitrogens with one attached hydrogen (secondary N) is 1. The first-order valence-corrected chi connectivity index (χ1v) is 17.3. The summed E-state index contributed by atoms with van der Waals surface area (Å²) in [5, 5.41) is 4.94. The summed E-state index contributed by atoms with van der Waals surface area (Å²) in [6.07, 6.45) is 10.7. The molecule has 0 spiro atoms. The van der Waals surface area contributed by atoms with Crippen LogP contribution in [0.5, 0.6) is 0 Å². The van der Waals surface area contributed by atoms with Crippen LogP contribution in [-0.4, -0.2) is 19.5 Å². The van der Waals surface area contributed by atoms with Crippen LogP contribution in [0, 0.1) is 0 Å². The van der Waals surface area contributed by atoms with Gasteiger partial charge in [-0.25, -0.2) is 9.97 Å². The molecular formula is C47H34N4. The minimum atomic E-state index is 0.700. The number of fused-ring (bicyclic) bond motifs is 6. The first-order chi connectivity index (χ1) is 25.2. The molecule has 0 amide bonds. The van der Waals surface area contributed by atoms with Crippen LogP contribution in [0.3, 0.4) is 0 Å². The van der Waals surface area contributed by atoms with Crippen LogP contribution in [0.1, 0.15) is 5.56 Å². The molecule has 0 aliphatic carbocycles. The highest BCUT2D eigenvalue weighted by molar-refractivity contribution is 6.18. The molecule has 0 saturated carbocycles. The first-order valence-electron chi connectivity index (χ1n) is 17.3. The Hall–Kier alpha value is -6.78. The second-order valence-electron chi connectivity index (χ2n) is 12.8. The van der Waals surface area contributed by atoms with Crippen LogP contribution in [-0.2, 0) is 6.42 Å². The zero-order valence-electron chi connectivity index (χ0n) is 28.0. The standard InChI is InChI=1S/C47H34N4/c1-2-3-4-5-7-15-32-24-26-34(27-25-32)47-49-42(33-16-8-6-9-17-33)30-43(50-47)35-18-14-19-36(28-35)51-45-23-13-11-21-38(45)40-29-39-37-20-10-12-22-41(37)48-44(39)31-46(40)51/h2-14,16-31,48H,1,15H2/b4-3-,7-5-. The number of rotatable bonds is 8. The van der Waals surface area contributed by atoms with Crippen molar-refractivity contribution in [2.75, 3.05) is 0 Å². The topological polar surface area (TPSA) is 46.5 Å². The maximum absolute atomic E-state index is 5.18. The van der Waals surface area contributed by atoms with E-state index in [1.54, 1.807) is 6.08 Å². The number of benzene rings is 6. The Morgan fingerprint density at radius 1 is 0.529 bits per heavy atom. The molecule has 1 N–H and O–H groups in total. The normalized spacial score (nSPS) is 11.9. The van der Waals surface area contributed by atoms with Crippen LogP contribution in [0.15, 0.2) is 183 Å². The van der Waals surface area contributed by atoms with E-state index in [9.17, 15) is 0 Å². The molecule has 0 atom stereocenters. The Labute approximate surface area is 296 Å². The second kappa shape index (κ2) is 12.9. The largest absolute Gasteiger partial charge is 0.354 e. The molecule has 0 aliphatic heterocycles. The molecule has 0 unspecified atom stereocenters. The van der Waals surface area contributed by atoms with E-state index in [-0.39, 0.29) is 0 Å². The quantitative estimate of drug-likeness (QED) is 0.166. The van der Waals surface area contributed by atoms with Gasteiger partial charge in [0.15, 0.2) is 5.82 Å². The number of aromatic amines is 1. The van der Waals surface area contributed by atoms with Gasteiger partial charge in [-0.2, -0.15) is 0 Å². The molecule has 4 nitrogen and oxygen atoms in total. The molecule has 0 fully saturated rings. The van der Waals surface area contributed by atoms with E-state index in [1.807, 2.05) is 24.3 Å². The summed E-state index contributed by atoms with van der Waals surface area (Å²) in [6.45, 7) is 3.72. The summed E-state index contributed by atoms with van der Waals surface area (Å²) in [5.41, 5.74) is 11.7. The summed E-state index contributed by atoms with van der Waals surface area (Å²) in [6, 6.07) is 51.6. The fourth-order valence-electron chi connectivity index (χ4n) is 7.09. The number of H-pyrrole nitrogens is 1. The van der Waals surface area contributed by atoms with Crippen LogP contribution < -0.4 is 0 Å². The first kappa shape index (κ1) is 30.3. The van der Waals surface area contributed by atoms with Crippen LogP contribution in [0.25, 0.3) is 83.2 Å². The fourth-order valence-corrected chi connectivity index (χ4v) is 7.09. The van der Waals surface area contributed by atoms with Gasteiger partial charge in [0, 0.05) is 55.0 Å². The molecule has 0 radical (unpaired) electrons. The Morgan fingerprint density at radius 2 is 1.27 bits per heavy atom. The van der Waals surface area contributed by atoms with Gasteiger partial charge in [0.25, 0.3) is 0 Å². The molecule has 4 heteroatoms. The minimum Gasteiger partial charge on any atom is -0.354 e. The molecular weight excluding hydrogens is 621 g/mol. The van der Waals surface area contributed by atoms with E-state index < -0.39 is 0 Å². The van der Waals surface area contributed by atoms with Crippen LogP contribution >= 0.6 is 0 Å². The Kier molecular flexibility index (Phi) is 7.67. The van der Waals surface area contributed by atoms with Crippen molar-refractivity contribution >= 4 is 43.6 Å². The molecule has 0 bridgehead atoms. The van der Waals surface area contributed by atoms with E-state index >= 15 is 0 Å². The predicted molar refractivity (Wildman–Crippen MR) is 214 cm³/mol. The Bertz CT molecular complexity index is 2780. The van der Waals surface area contributed by atoms with Gasteiger partial charge >= 0.3 is 0 Å². The van der Waals surface area contributed by atoms with E-state index in [0.717, 1.165) is 56.7 Å². The Balaban J connectivity index is 1.17. The van der Waals surface area contributed by atoms with Gasteiger partial charge in [-0.3, -0.25) is 0 Å². The monoisotopic (exact) mass is 654 g/mol. The summed E-state index contributed by atoms with van der Waals surface area (Å²) in [4.78, 5) is 13.9. The van der Waals surface area contributed by atoms with Gasteiger partial charge in [-0.15, -0.1) is 0 Å². The van der Waals surface area contributed by atoms with Crippen molar-refractivity contribution in [3.63, 3.8) is 0 Å². The van der Waals surface area contributed by atoms with Gasteiger partial charge in [0.1, 0.15) is 0 Å². The number of nitrogens with zero attached hydrogens (tertiary/aromatic N) is 3. The molecule has 6 aromatic carbocycles. The molecule has 51 heavy (non-hydrogen) atoms. The molecule has 242 valence electrons. The third kappa shape index (κ3) is 5.63. The van der Waals surface area contributed by atoms with Crippen LogP contribution in [0.2, 0.25) is 0 Å². The zero-order chi connectivity index (χ0) is 34.1. The third-order valence-electron chi connectivity index (χ3n) is 9.55. The fraction of sp³-hybridized carbons (Fsp3) is 0.0213. The molecule has 0 aliphatic rings. The van der Waals surface area contributed by atoms with Crippen LogP contribution in [0.4, 0.5) is 0 Å².